The Morgan fingerprint density at radius 2 is 2.00 bits per heavy atom. The van der Waals surface area contributed by atoms with Crippen LogP contribution >= 0.6 is 0 Å². The first-order chi connectivity index (χ1) is 13.3. The van der Waals surface area contributed by atoms with Gasteiger partial charge in [-0.2, -0.15) is 0 Å². The molecular formula is C21H25N5O. The second-order valence-electron chi connectivity index (χ2n) is 6.56. The second kappa shape index (κ2) is 7.80. The molecule has 0 bridgehead atoms. The highest BCUT2D eigenvalue weighted by Crippen LogP contribution is 2.28. The predicted molar refractivity (Wildman–Crippen MR) is 108 cm³/mol. The van der Waals surface area contributed by atoms with E-state index in [1.807, 2.05) is 35.1 Å². The van der Waals surface area contributed by atoms with Gasteiger partial charge in [0.1, 0.15) is 0 Å². The molecule has 6 heteroatoms. The van der Waals surface area contributed by atoms with Gasteiger partial charge in [0.2, 0.25) is 5.88 Å². The molecule has 0 fully saturated rings. The Balaban J connectivity index is 1.56. The summed E-state index contributed by atoms with van der Waals surface area (Å²) in [6, 6.07) is 12.1. The van der Waals surface area contributed by atoms with Crippen molar-refractivity contribution < 1.29 is 4.74 Å². The van der Waals surface area contributed by atoms with Gasteiger partial charge in [-0.3, -0.25) is 0 Å². The number of aromatic nitrogens is 4. The van der Waals surface area contributed by atoms with E-state index in [-0.39, 0.29) is 0 Å². The van der Waals surface area contributed by atoms with E-state index in [0.717, 1.165) is 53.9 Å². The Bertz CT molecular complexity index is 1030. The molecule has 3 heterocycles. The SMILES string of the molecule is CCN(CC)CCCOc1ccc2ncc(-c3cccc4[nH]ccc34)n2n1. The molecular weight excluding hydrogens is 338 g/mol. The second-order valence-corrected chi connectivity index (χ2v) is 6.56. The van der Waals surface area contributed by atoms with Crippen molar-refractivity contribution in [3.63, 3.8) is 0 Å². The van der Waals surface area contributed by atoms with E-state index in [1.165, 1.54) is 0 Å². The Labute approximate surface area is 158 Å². The van der Waals surface area contributed by atoms with Gasteiger partial charge in [0.25, 0.3) is 0 Å². The molecule has 0 unspecified atom stereocenters. The van der Waals surface area contributed by atoms with Crippen LogP contribution in [0.5, 0.6) is 5.88 Å². The zero-order valence-corrected chi connectivity index (χ0v) is 15.9. The van der Waals surface area contributed by atoms with Gasteiger partial charge in [0, 0.05) is 35.3 Å². The summed E-state index contributed by atoms with van der Waals surface area (Å²) in [5.41, 5.74) is 3.98. The third-order valence-corrected chi connectivity index (χ3v) is 4.97. The summed E-state index contributed by atoms with van der Waals surface area (Å²) in [6.45, 7) is 8.22. The zero-order valence-electron chi connectivity index (χ0n) is 15.9. The van der Waals surface area contributed by atoms with Gasteiger partial charge >= 0.3 is 0 Å². The Kier molecular flexibility index (Phi) is 5.07. The third-order valence-electron chi connectivity index (χ3n) is 4.97. The van der Waals surface area contributed by atoms with Crippen LogP contribution in [0.25, 0.3) is 27.8 Å². The van der Waals surface area contributed by atoms with Crippen molar-refractivity contribution in [2.24, 2.45) is 0 Å². The monoisotopic (exact) mass is 363 g/mol. The maximum atomic E-state index is 5.89. The first-order valence-corrected chi connectivity index (χ1v) is 9.56. The molecule has 0 spiro atoms. The Hall–Kier alpha value is -2.86. The smallest absolute Gasteiger partial charge is 0.231 e. The van der Waals surface area contributed by atoms with Crippen LogP contribution in [0.3, 0.4) is 0 Å². The summed E-state index contributed by atoms with van der Waals surface area (Å²) in [5.74, 6) is 0.627. The van der Waals surface area contributed by atoms with E-state index in [2.05, 4.69) is 52.0 Å². The number of benzene rings is 1. The Morgan fingerprint density at radius 3 is 2.85 bits per heavy atom. The van der Waals surface area contributed by atoms with Gasteiger partial charge in [-0.25, -0.2) is 9.50 Å². The van der Waals surface area contributed by atoms with Crippen molar-refractivity contribution in [3.05, 3.63) is 48.8 Å². The summed E-state index contributed by atoms with van der Waals surface area (Å²) >= 11 is 0. The fourth-order valence-electron chi connectivity index (χ4n) is 3.43. The minimum atomic E-state index is 0.627. The minimum absolute atomic E-state index is 0.627. The highest BCUT2D eigenvalue weighted by Gasteiger charge is 2.12. The van der Waals surface area contributed by atoms with Crippen LogP contribution in [0, 0.1) is 0 Å². The van der Waals surface area contributed by atoms with E-state index < -0.39 is 0 Å². The number of H-pyrrole nitrogens is 1. The Morgan fingerprint density at radius 1 is 1.11 bits per heavy atom. The zero-order chi connectivity index (χ0) is 18.6. The van der Waals surface area contributed by atoms with Crippen molar-refractivity contribution in [1.82, 2.24) is 24.5 Å². The topological polar surface area (TPSA) is 58.5 Å². The van der Waals surface area contributed by atoms with Crippen LogP contribution in [-0.4, -0.2) is 50.7 Å². The average molecular weight is 363 g/mol. The van der Waals surface area contributed by atoms with E-state index in [0.29, 0.717) is 12.5 Å². The van der Waals surface area contributed by atoms with Gasteiger partial charge in [-0.05, 0) is 37.7 Å². The van der Waals surface area contributed by atoms with Gasteiger partial charge in [0.15, 0.2) is 5.65 Å². The number of hydrogen-bond acceptors (Lipinski definition) is 4. The first kappa shape index (κ1) is 17.5. The molecule has 0 aliphatic heterocycles. The molecule has 1 N–H and O–H groups in total. The summed E-state index contributed by atoms with van der Waals surface area (Å²) in [4.78, 5) is 10.1. The molecule has 4 aromatic rings. The number of ether oxygens (including phenoxy) is 1. The first-order valence-electron chi connectivity index (χ1n) is 9.56. The van der Waals surface area contributed by atoms with Crippen LogP contribution in [-0.2, 0) is 0 Å². The molecule has 0 saturated carbocycles. The van der Waals surface area contributed by atoms with Gasteiger partial charge in [-0.15, -0.1) is 5.10 Å². The fraction of sp³-hybridized carbons (Fsp3) is 0.333. The molecule has 0 aliphatic carbocycles. The highest BCUT2D eigenvalue weighted by atomic mass is 16.5. The number of fused-ring (bicyclic) bond motifs is 2. The lowest BCUT2D eigenvalue weighted by Gasteiger charge is -2.17. The van der Waals surface area contributed by atoms with Crippen LogP contribution in [0.1, 0.15) is 20.3 Å². The van der Waals surface area contributed by atoms with Gasteiger partial charge in [-0.1, -0.05) is 26.0 Å². The molecule has 1 aromatic carbocycles. The molecule has 0 amide bonds. The van der Waals surface area contributed by atoms with Crippen LogP contribution in [0.15, 0.2) is 48.8 Å². The van der Waals surface area contributed by atoms with Gasteiger partial charge in [0.05, 0.1) is 18.5 Å². The van der Waals surface area contributed by atoms with Crippen LogP contribution in [0.2, 0.25) is 0 Å². The standard InChI is InChI=1S/C21H25N5O/c1-3-25(4-2)13-6-14-27-21-10-9-20-23-15-19(26(20)24-21)17-7-5-8-18-16(17)11-12-22-18/h5,7-12,15,22H,3-4,6,13-14H2,1-2H3. The van der Waals surface area contributed by atoms with E-state index in [4.69, 9.17) is 4.74 Å². The van der Waals surface area contributed by atoms with Gasteiger partial charge < -0.3 is 14.6 Å². The fourth-order valence-corrected chi connectivity index (χ4v) is 3.43. The molecule has 4 rings (SSSR count). The maximum absolute atomic E-state index is 5.89. The lowest BCUT2D eigenvalue weighted by Crippen LogP contribution is -2.25. The number of nitrogens with zero attached hydrogens (tertiary/aromatic N) is 4. The van der Waals surface area contributed by atoms with E-state index in [9.17, 15) is 0 Å². The third kappa shape index (κ3) is 3.53. The molecule has 0 radical (unpaired) electrons. The number of aromatic amines is 1. The summed E-state index contributed by atoms with van der Waals surface area (Å²) in [5, 5.41) is 5.83. The molecule has 140 valence electrons. The summed E-state index contributed by atoms with van der Waals surface area (Å²) in [6.07, 6.45) is 4.81. The summed E-state index contributed by atoms with van der Waals surface area (Å²) < 4.78 is 7.76. The molecule has 0 saturated heterocycles. The minimum Gasteiger partial charge on any atom is -0.477 e. The number of nitrogens with one attached hydrogen (secondary N) is 1. The van der Waals surface area contributed by atoms with Crippen molar-refractivity contribution in [2.45, 2.75) is 20.3 Å². The normalized spacial score (nSPS) is 11.7. The average Bonchev–Trinajstić information content (AvgIpc) is 3.34. The van der Waals surface area contributed by atoms with Crippen molar-refractivity contribution >= 4 is 16.6 Å². The van der Waals surface area contributed by atoms with Crippen LogP contribution in [0.4, 0.5) is 0 Å². The lowest BCUT2D eigenvalue weighted by atomic mass is 10.1. The molecule has 27 heavy (non-hydrogen) atoms. The lowest BCUT2D eigenvalue weighted by molar-refractivity contribution is 0.242. The maximum Gasteiger partial charge on any atom is 0.231 e. The number of imidazole rings is 1. The van der Waals surface area contributed by atoms with Crippen LogP contribution < -0.4 is 4.74 Å². The largest absolute Gasteiger partial charge is 0.477 e. The van der Waals surface area contributed by atoms with E-state index >= 15 is 0 Å². The molecule has 0 atom stereocenters. The quantitative estimate of drug-likeness (QED) is 0.481. The van der Waals surface area contributed by atoms with Crippen molar-refractivity contribution in [3.8, 4) is 17.1 Å². The number of hydrogen-bond donors (Lipinski definition) is 1. The van der Waals surface area contributed by atoms with E-state index in [1.54, 1.807) is 0 Å². The number of rotatable bonds is 8. The van der Waals surface area contributed by atoms with Crippen molar-refractivity contribution in [1.29, 1.82) is 0 Å². The highest BCUT2D eigenvalue weighted by molar-refractivity contribution is 5.94. The predicted octanol–water partition coefficient (Wildman–Crippen LogP) is 3.99. The molecule has 6 nitrogen and oxygen atoms in total. The molecule has 3 aromatic heterocycles. The van der Waals surface area contributed by atoms with Crippen molar-refractivity contribution in [2.75, 3.05) is 26.2 Å². The molecule has 0 aliphatic rings. The summed E-state index contributed by atoms with van der Waals surface area (Å²) in [7, 11) is 0.